The summed E-state index contributed by atoms with van der Waals surface area (Å²) in [5.41, 5.74) is 0.339. The van der Waals surface area contributed by atoms with Crippen LogP contribution in [0, 0.1) is 6.92 Å². The molecule has 0 saturated carbocycles. The fraction of sp³-hybridized carbons (Fsp3) is 0.700. The normalized spacial score (nSPS) is 22.8. The van der Waals surface area contributed by atoms with Gasteiger partial charge in [0.05, 0.1) is 12.7 Å². The van der Waals surface area contributed by atoms with Gasteiger partial charge in [0.25, 0.3) is 10.0 Å². The van der Waals surface area contributed by atoms with Crippen molar-refractivity contribution in [3.63, 3.8) is 0 Å². The molecule has 0 aromatic carbocycles. The van der Waals surface area contributed by atoms with Crippen molar-refractivity contribution in [1.82, 2.24) is 9.71 Å². The molecule has 1 unspecified atom stereocenters. The van der Waals surface area contributed by atoms with Crippen LogP contribution in [0.1, 0.15) is 19.5 Å². The van der Waals surface area contributed by atoms with Gasteiger partial charge in [-0.3, -0.25) is 4.79 Å². The molecule has 2 rings (SSSR count). The number of aryl methyl sites for hydroxylation is 1. The zero-order valence-electron chi connectivity index (χ0n) is 10.8. The highest BCUT2D eigenvalue weighted by atomic mass is 32.2. The first-order chi connectivity index (χ1) is 8.70. The first-order valence-electron chi connectivity index (χ1n) is 5.71. The largest absolute Gasteiger partial charge is 0.348 e. The smallest absolute Gasteiger partial charge is 0.305 e. The summed E-state index contributed by atoms with van der Waals surface area (Å²) in [6, 6.07) is 0. The second kappa shape index (κ2) is 4.98. The molecular formula is C10H16N2O5S2. The average molecular weight is 308 g/mol. The highest BCUT2D eigenvalue weighted by molar-refractivity contribution is 7.91. The van der Waals surface area contributed by atoms with Crippen LogP contribution in [0.25, 0.3) is 0 Å². The molecule has 0 radical (unpaired) electrons. The first-order valence-corrected chi connectivity index (χ1v) is 8.01. The highest BCUT2D eigenvalue weighted by Crippen LogP contribution is 2.22. The van der Waals surface area contributed by atoms with Gasteiger partial charge in [0.1, 0.15) is 0 Å². The van der Waals surface area contributed by atoms with Crippen molar-refractivity contribution in [2.75, 3.05) is 13.2 Å². The Morgan fingerprint density at radius 2 is 2.21 bits per heavy atom. The van der Waals surface area contributed by atoms with Crippen molar-refractivity contribution < 1.29 is 17.9 Å². The number of hydrogen-bond acceptors (Lipinski definition) is 6. The Kier molecular flexibility index (Phi) is 3.85. The summed E-state index contributed by atoms with van der Waals surface area (Å²) in [7, 11) is -3.69. The lowest BCUT2D eigenvalue weighted by atomic mass is 10.4. The van der Waals surface area contributed by atoms with Crippen LogP contribution in [-0.2, 0) is 19.5 Å². The number of hydrogen-bond donors (Lipinski definition) is 2. The average Bonchev–Trinajstić information content (AvgIpc) is 2.79. The number of ether oxygens (including phenoxy) is 2. The number of sulfonamides is 1. The predicted octanol–water partition coefficient (Wildman–Crippen LogP) is 0.175. The third-order valence-electron chi connectivity index (χ3n) is 2.59. The zero-order chi connectivity index (χ0) is 14.3. The molecule has 2 N–H and O–H groups in total. The summed E-state index contributed by atoms with van der Waals surface area (Å²) in [6.07, 6.45) is -0.333. The molecule has 19 heavy (non-hydrogen) atoms. The molecule has 2 heterocycles. The van der Waals surface area contributed by atoms with Crippen LogP contribution in [0.3, 0.4) is 0 Å². The van der Waals surface area contributed by atoms with Gasteiger partial charge in [-0.05, 0) is 20.8 Å². The van der Waals surface area contributed by atoms with Crippen molar-refractivity contribution in [2.45, 2.75) is 36.9 Å². The van der Waals surface area contributed by atoms with Gasteiger partial charge in [-0.1, -0.05) is 11.3 Å². The van der Waals surface area contributed by atoms with Gasteiger partial charge in [-0.2, -0.15) is 0 Å². The first kappa shape index (κ1) is 14.7. The predicted molar refractivity (Wildman–Crippen MR) is 69.8 cm³/mol. The minimum atomic E-state index is -3.69. The molecular weight excluding hydrogens is 292 g/mol. The molecule has 9 heteroatoms. The van der Waals surface area contributed by atoms with Crippen molar-refractivity contribution in [2.24, 2.45) is 0 Å². The number of aromatic amines is 1. The van der Waals surface area contributed by atoms with E-state index in [1.807, 2.05) is 0 Å². The van der Waals surface area contributed by atoms with E-state index in [-0.39, 0.29) is 21.7 Å². The van der Waals surface area contributed by atoms with Crippen molar-refractivity contribution in [3.05, 3.63) is 15.4 Å². The third-order valence-corrected chi connectivity index (χ3v) is 5.62. The minimum Gasteiger partial charge on any atom is -0.348 e. The molecule has 1 aliphatic heterocycles. The topological polar surface area (TPSA) is 97.5 Å². The van der Waals surface area contributed by atoms with Gasteiger partial charge < -0.3 is 14.5 Å². The minimum absolute atomic E-state index is 0.00988. The SMILES string of the molecule is Cc1[nH]c(=O)sc1S(=O)(=O)NCC1COC(C)(C)O1. The van der Waals surface area contributed by atoms with Gasteiger partial charge in [-0.15, -0.1) is 0 Å². The Hall–Kier alpha value is -0.740. The molecule has 1 atom stereocenters. The monoisotopic (exact) mass is 308 g/mol. The van der Waals surface area contributed by atoms with Crippen LogP contribution in [0.2, 0.25) is 0 Å². The molecule has 1 aromatic rings. The summed E-state index contributed by atoms with van der Waals surface area (Å²) in [6.45, 7) is 5.52. The van der Waals surface area contributed by atoms with E-state index in [9.17, 15) is 13.2 Å². The van der Waals surface area contributed by atoms with Crippen molar-refractivity contribution >= 4 is 21.4 Å². The van der Waals surface area contributed by atoms with Gasteiger partial charge in [0, 0.05) is 12.2 Å². The van der Waals surface area contributed by atoms with Crippen LogP contribution in [0.5, 0.6) is 0 Å². The summed E-state index contributed by atoms with van der Waals surface area (Å²) in [5, 5.41) is 0. The van der Waals surface area contributed by atoms with Gasteiger partial charge >= 0.3 is 4.87 Å². The molecule has 0 bridgehead atoms. The summed E-state index contributed by atoms with van der Waals surface area (Å²) < 4.78 is 37.3. The van der Waals surface area contributed by atoms with E-state index in [0.717, 1.165) is 0 Å². The fourth-order valence-electron chi connectivity index (χ4n) is 1.78. The van der Waals surface area contributed by atoms with Crippen LogP contribution >= 0.6 is 11.3 Å². The lowest BCUT2D eigenvalue weighted by Crippen LogP contribution is -2.34. The maximum atomic E-state index is 12.0. The van der Waals surface area contributed by atoms with Crippen molar-refractivity contribution in [1.29, 1.82) is 0 Å². The summed E-state index contributed by atoms with van der Waals surface area (Å²) in [5.74, 6) is -0.690. The molecule has 1 fully saturated rings. The molecule has 0 amide bonds. The van der Waals surface area contributed by atoms with Crippen molar-refractivity contribution in [3.8, 4) is 0 Å². The zero-order valence-corrected chi connectivity index (χ0v) is 12.5. The number of aromatic nitrogens is 1. The quantitative estimate of drug-likeness (QED) is 0.826. The Morgan fingerprint density at radius 1 is 1.53 bits per heavy atom. The maximum absolute atomic E-state index is 12.0. The van der Waals surface area contributed by atoms with E-state index in [2.05, 4.69) is 9.71 Å². The lowest BCUT2D eigenvalue weighted by molar-refractivity contribution is -0.137. The van der Waals surface area contributed by atoms with E-state index >= 15 is 0 Å². The Morgan fingerprint density at radius 3 is 2.68 bits per heavy atom. The van der Waals surface area contributed by atoms with Gasteiger partial charge in [0.2, 0.25) is 0 Å². The number of thiazole rings is 1. The third kappa shape index (κ3) is 3.42. The van der Waals surface area contributed by atoms with Crippen LogP contribution in [-0.4, -0.2) is 38.4 Å². The second-order valence-electron chi connectivity index (χ2n) is 4.73. The molecule has 0 aliphatic carbocycles. The van der Waals surface area contributed by atoms with E-state index in [4.69, 9.17) is 9.47 Å². The summed E-state index contributed by atoms with van der Waals surface area (Å²) in [4.78, 5) is 13.2. The molecule has 7 nitrogen and oxygen atoms in total. The Labute approximate surface area is 115 Å². The number of rotatable bonds is 4. The standard InChI is InChI=1S/C10H16N2O5S2/c1-6-8(18-9(13)12-6)19(14,15)11-4-7-5-16-10(2,3)17-7/h7,11H,4-5H2,1-3H3,(H,12,13). The summed E-state index contributed by atoms with van der Waals surface area (Å²) >= 11 is 0.670. The maximum Gasteiger partial charge on any atom is 0.305 e. The Balaban J connectivity index is 2.03. The molecule has 108 valence electrons. The number of H-pyrrole nitrogens is 1. The molecule has 1 aliphatic rings. The van der Waals surface area contributed by atoms with Crippen LogP contribution in [0.4, 0.5) is 0 Å². The van der Waals surface area contributed by atoms with E-state index in [1.54, 1.807) is 20.8 Å². The molecule has 1 saturated heterocycles. The second-order valence-corrected chi connectivity index (χ2v) is 7.67. The van der Waals surface area contributed by atoms with Crippen LogP contribution < -0.4 is 9.60 Å². The van der Waals surface area contributed by atoms with Gasteiger partial charge in [-0.25, -0.2) is 13.1 Å². The Bertz CT molecular complexity index is 616. The van der Waals surface area contributed by atoms with E-state index in [1.165, 1.54) is 0 Å². The lowest BCUT2D eigenvalue weighted by Gasteiger charge is -2.17. The fourth-order valence-corrected chi connectivity index (χ4v) is 4.19. The van der Waals surface area contributed by atoms with E-state index in [0.29, 0.717) is 23.6 Å². The highest BCUT2D eigenvalue weighted by Gasteiger charge is 2.33. The van der Waals surface area contributed by atoms with Crippen LogP contribution in [0.15, 0.2) is 9.00 Å². The molecule has 0 spiro atoms. The molecule has 1 aromatic heterocycles. The van der Waals surface area contributed by atoms with Gasteiger partial charge in [0.15, 0.2) is 10.00 Å². The van der Waals surface area contributed by atoms with E-state index < -0.39 is 15.8 Å². The number of nitrogens with one attached hydrogen (secondary N) is 2.